The first kappa shape index (κ1) is 26.0. The summed E-state index contributed by atoms with van der Waals surface area (Å²) < 4.78 is 6.87. The van der Waals surface area contributed by atoms with Gasteiger partial charge in [-0.1, -0.05) is 35.5 Å². The van der Waals surface area contributed by atoms with Gasteiger partial charge >= 0.3 is 5.97 Å². The highest BCUT2D eigenvalue weighted by Gasteiger charge is 2.20. The molecule has 2 aromatic carbocycles. The molecule has 0 saturated carbocycles. The number of ether oxygens (including phenoxy) is 1. The lowest BCUT2D eigenvalue weighted by Crippen LogP contribution is -2.28. The summed E-state index contributed by atoms with van der Waals surface area (Å²) in [6.45, 7) is 8.36. The van der Waals surface area contributed by atoms with Crippen LogP contribution in [0.4, 0.5) is 5.69 Å². The van der Waals surface area contributed by atoms with Crippen molar-refractivity contribution in [3.63, 3.8) is 0 Å². The summed E-state index contributed by atoms with van der Waals surface area (Å²) in [5.74, 6) is -0.167. The van der Waals surface area contributed by atoms with Crippen molar-refractivity contribution in [1.82, 2.24) is 20.1 Å². The number of rotatable bonds is 10. The number of hydrogen-bond donors (Lipinski definition) is 2. The first-order valence-corrected chi connectivity index (χ1v) is 12.3. The predicted octanol–water partition coefficient (Wildman–Crippen LogP) is 4.00. The number of nitrogens with one attached hydrogen (secondary N) is 2. The number of aryl methyl sites for hydroxylation is 1. The number of carbonyl (C=O) groups excluding carboxylic acids is 3. The quantitative estimate of drug-likeness (QED) is 0.323. The summed E-state index contributed by atoms with van der Waals surface area (Å²) in [7, 11) is 0. The van der Waals surface area contributed by atoms with Crippen LogP contribution >= 0.6 is 11.8 Å². The molecule has 1 heterocycles. The highest BCUT2D eigenvalue weighted by atomic mass is 32.2. The summed E-state index contributed by atoms with van der Waals surface area (Å²) >= 11 is 1.25. The van der Waals surface area contributed by atoms with Gasteiger partial charge in [0.1, 0.15) is 0 Å². The molecule has 184 valence electrons. The molecule has 3 aromatic rings. The summed E-state index contributed by atoms with van der Waals surface area (Å²) in [4.78, 5) is 37.0. The van der Waals surface area contributed by atoms with E-state index >= 15 is 0 Å². The first-order chi connectivity index (χ1) is 16.8. The third kappa shape index (κ3) is 6.92. The lowest BCUT2D eigenvalue weighted by atomic mass is 10.1. The molecule has 0 aliphatic rings. The number of benzene rings is 2. The maximum Gasteiger partial charge on any atom is 0.338 e. The zero-order valence-electron chi connectivity index (χ0n) is 20.2. The molecule has 2 N–H and O–H groups in total. The highest BCUT2D eigenvalue weighted by Crippen LogP contribution is 2.21. The summed E-state index contributed by atoms with van der Waals surface area (Å²) in [6.07, 6.45) is 0. The topological polar surface area (TPSA) is 115 Å². The lowest BCUT2D eigenvalue weighted by molar-refractivity contribution is -0.113. The molecule has 0 aliphatic heterocycles. The molecule has 0 bridgehead atoms. The highest BCUT2D eigenvalue weighted by molar-refractivity contribution is 7.99. The molecule has 3 rings (SSSR count). The minimum Gasteiger partial charge on any atom is -0.462 e. The normalized spacial score (nSPS) is 11.5. The second-order valence-corrected chi connectivity index (χ2v) is 8.73. The molecule has 0 unspecified atom stereocenters. The second-order valence-electron chi connectivity index (χ2n) is 7.78. The Kier molecular flexibility index (Phi) is 9.02. The van der Waals surface area contributed by atoms with Gasteiger partial charge in [-0.05, 0) is 58.0 Å². The van der Waals surface area contributed by atoms with E-state index in [9.17, 15) is 14.4 Å². The predicted molar refractivity (Wildman–Crippen MR) is 135 cm³/mol. The zero-order valence-corrected chi connectivity index (χ0v) is 21.0. The zero-order chi connectivity index (χ0) is 25.4. The fourth-order valence-electron chi connectivity index (χ4n) is 3.34. The van der Waals surface area contributed by atoms with Crippen LogP contribution in [-0.2, 0) is 16.1 Å². The van der Waals surface area contributed by atoms with Crippen LogP contribution < -0.4 is 10.6 Å². The standard InChI is InChI=1S/C25H29N5O4S/c1-5-30-22(17(4)26-23(32)18-12-10-16(3)11-13-18)28-29-25(30)35-15-21(31)27-20-9-7-8-19(14-20)24(33)34-6-2/h7-14,17H,5-6,15H2,1-4H3,(H,26,32)(H,27,31)/t17-/m1/s1. The summed E-state index contributed by atoms with van der Waals surface area (Å²) in [5.41, 5.74) is 2.53. The van der Waals surface area contributed by atoms with Crippen LogP contribution in [0.15, 0.2) is 53.7 Å². The van der Waals surface area contributed by atoms with Gasteiger partial charge in [0.25, 0.3) is 5.91 Å². The molecule has 0 saturated heterocycles. The summed E-state index contributed by atoms with van der Waals surface area (Å²) in [5, 5.41) is 14.8. The van der Waals surface area contributed by atoms with E-state index in [1.807, 2.05) is 37.5 Å². The fraction of sp³-hybridized carbons (Fsp3) is 0.320. The van der Waals surface area contributed by atoms with Crippen molar-refractivity contribution in [2.24, 2.45) is 0 Å². The molecule has 10 heteroatoms. The van der Waals surface area contributed by atoms with E-state index in [4.69, 9.17) is 4.74 Å². The molecule has 2 amide bonds. The number of aromatic nitrogens is 3. The monoisotopic (exact) mass is 495 g/mol. The van der Waals surface area contributed by atoms with Crippen LogP contribution in [0.2, 0.25) is 0 Å². The van der Waals surface area contributed by atoms with Gasteiger partial charge in [-0.2, -0.15) is 0 Å². The van der Waals surface area contributed by atoms with Gasteiger partial charge in [0.15, 0.2) is 11.0 Å². The average molecular weight is 496 g/mol. The fourth-order valence-corrected chi connectivity index (χ4v) is 4.15. The van der Waals surface area contributed by atoms with Crippen molar-refractivity contribution in [1.29, 1.82) is 0 Å². The van der Waals surface area contributed by atoms with Crippen LogP contribution in [0.5, 0.6) is 0 Å². The van der Waals surface area contributed by atoms with E-state index in [1.54, 1.807) is 43.3 Å². The van der Waals surface area contributed by atoms with E-state index in [-0.39, 0.29) is 30.2 Å². The Hall–Kier alpha value is -3.66. The van der Waals surface area contributed by atoms with E-state index in [2.05, 4.69) is 20.8 Å². The van der Waals surface area contributed by atoms with Crippen LogP contribution in [0, 0.1) is 6.92 Å². The Morgan fingerprint density at radius 1 is 1.06 bits per heavy atom. The molecule has 35 heavy (non-hydrogen) atoms. The minimum absolute atomic E-state index is 0.103. The van der Waals surface area contributed by atoms with Gasteiger partial charge in [-0.25, -0.2) is 4.79 Å². The maximum atomic E-state index is 12.6. The molecule has 0 fully saturated rings. The number of nitrogens with zero attached hydrogens (tertiary/aromatic N) is 3. The third-order valence-electron chi connectivity index (χ3n) is 5.10. The minimum atomic E-state index is -0.440. The largest absolute Gasteiger partial charge is 0.462 e. The second kappa shape index (κ2) is 12.2. The van der Waals surface area contributed by atoms with E-state index < -0.39 is 5.97 Å². The van der Waals surface area contributed by atoms with Gasteiger partial charge in [0.05, 0.1) is 24.0 Å². The number of thioether (sulfide) groups is 1. The summed E-state index contributed by atoms with van der Waals surface area (Å²) in [6, 6.07) is 13.6. The number of carbonyl (C=O) groups is 3. The number of esters is 1. The Balaban J connectivity index is 1.60. The van der Waals surface area contributed by atoms with Crippen molar-refractivity contribution >= 4 is 35.2 Å². The number of hydrogen-bond acceptors (Lipinski definition) is 7. The molecule has 1 atom stereocenters. The van der Waals surface area contributed by atoms with Gasteiger partial charge < -0.3 is 19.9 Å². The first-order valence-electron chi connectivity index (χ1n) is 11.3. The molecule has 0 radical (unpaired) electrons. The van der Waals surface area contributed by atoms with Crippen molar-refractivity contribution in [3.8, 4) is 0 Å². The van der Waals surface area contributed by atoms with E-state index in [0.29, 0.717) is 34.3 Å². The molecule has 1 aromatic heterocycles. The Labute approximate surface area is 208 Å². The maximum absolute atomic E-state index is 12.6. The molecular weight excluding hydrogens is 466 g/mol. The van der Waals surface area contributed by atoms with Crippen molar-refractivity contribution < 1.29 is 19.1 Å². The van der Waals surface area contributed by atoms with Gasteiger partial charge in [0, 0.05) is 17.8 Å². The Morgan fingerprint density at radius 2 is 1.80 bits per heavy atom. The third-order valence-corrected chi connectivity index (χ3v) is 6.07. The van der Waals surface area contributed by atoms with Crippen LogP contribution in [-0.4, -0.2) is 44.9 Å². The van der Waals surface area contributed by atoms with E-state index in [0.717, 1.165) is 5.56 Å². The Bertz CT molecular complexity index is 1190. The molecule has 9 nitrogen and oxygen atoms in total. The van der Waals surface area contributed by atoms with Crippen molar-refractivity contribution in [3.05, 3.63) is 71.0 Å². The molecule has 0 aliphatic carbocycles. The van der Waals surface area contributed by atoms with E-state index in [1.165, 1.54) is 11.8 Å². The van der Waals surface area contributed by atoms with Gasteiger partial charge in [-0.15, -0.1) is 10.2 Å². The van der Waals surface area contributed by atoms with Gasteiger partial charge in [0.2, 0.25) is 5.91 Å². The smallest absolute Gasteiger partial charge is 0.338 e. The van der Waals surface area contributed by atoms with Crippen molar-refractivity contribution in [2.45, 2.75) is 45.4 Å². The number of amides is 2. The van der Waals surface area contributed by atoms with Crippen molar-refractivity contribution in [2.75, 3.05) is 17.7 Å². The SMILES string of the molecule is CCOC(=O)c1cccc(NC(=O)CSc2nnc([C@@H](C)NC(=O)c3ccc(C)cc3)n2CC)c1. The molecular formula is C25H29N5O4S. The Morgan fingerprint density at radius 3 is 2.49 bits per heavy atom. The lowest BCUT2D eigenvalue weighted by Gasteiger charge is -2.15. The van der Waals surface area contributed by atoms with Gasteiger partial charge in [-0.3, -0.25) is 9.59 Å². The number of anilines is 1. The van der Waals surface area contributed by atoms with Crippen LogP contribution in [0.3, 0.4) is 0 Å². The molecule has 0 spiro atoms. The van der Waals surface area contributed by atoms with Crippen LogP contribution in [0.25, 0.3) is 0 Å². The van der Waals surface area contributed by atoms with Crippen LogP contribution in [0.1, 0.15) is 58.9 Å². The average Bonchev–Trinajstić information content (AvgIpc) is 3.26.